The van der Waals surface area contributed by atoms with Crippen molar-refractivity contribution < 1.29 is 0 Å². The van der Waals surface area contributed by atoms with Crippen LogP contribution in [0, 0.1) is 0 Å². The van der Waals surface area contributed by atoms with E-state index in [1.165, 1.54) is 5.56 Å². The van der Waals surface area contributed by atoms with Crippen molar-refractivity contribution in [3.63, 3.8) is 0 Å². The van der Waals surface area contributed by atoms with E-state index in [-0.39, 0.29) is 0 Å². The van der Waals surface area contributed by atoms with Gasteiger partial charge in [0.05, 0.1) is 5.69 Å². The lowest BCUT2D eigenvalue weighted by molar-refractivity contribution is 1.17. The van der Waals surface area contributed by atoms with Crippen molar-refractivity contribution in [3.05, 3.63) is 84.1 Å². The molecule has 0 aliphatic carbocycles. The van der Waals surface area contributed by atoms with E-state index >= 15 is 0 Å². The lowest BCUT2D eigenvalue weighted by atomic mass is 10.1. The number of hydrogen-bond donors (Lipinski definition) is 0. The van der Waals surface area contributed by atoms with Crippen molar-refractivity contribution in [2.75, 3.05) is 4.90 Å². The zero-order chi connectivity index (χ0) is 14.1. The first-order valence-corrected chi connectivity index (χ1v) is 7.01. The number of rotatable bonds is 1. The van der Waals surface area contributed by atoms with Gasteiger partial charge in [-0.2, -0.15) is 0 Å². The molecule has 2 nitrogen and oxygen atoms in total. The van der Waals surface area contributed by atoms with Crippen molar-refractivity contribution in [2.24, 2.45) is 0 Å². The minimum Gasteiger partial charge on any atom is -0.294 e. The third-order valence-electron chi connectivity index (χ3n) is 3.66. The third-order valence-corrected chi connectivity index (χ3v) is 3.66. The fourth-order valence-electron chi connectivity index (χ4n) is 2.69. The first-order chi connectivity index (χ1) is 10.4. The van der Waals surface area contributed by atoms with Crippen molar-refractivity contribution >= 4 is 29.3 Å². The van der Waals surface area contributed by atoms with E-state index in [1.807, 2.05) is 18.3 Å². The number of pyridine rings is 1. The Bertz CT molecular complexity index is 757. The summed E-state index contributed by atoms with van der Waals surface area (Å²) in [6.07, 6.45) is 6.12. The Labute approximate surface area is 124 Å². The molecule has 0 fully saturated rings. The standard InChI is InChI=1S/C19H14N2/c1-2-9-17(10-3-1)21-18-11-5-4-7-15(18)12-13-16-8-6-14-20-19(16)21/h1-14H. The summed E-state index contributed by atoms with van der Waals surface area (Å²) in [5.74, 6) is 0.963. The molecule has 0 radical (unpaired) electrons. The second-order valence-corrected chi connectivity index (χ2v) is 4.98. The Kier molecular flexibility index (Phi) is 2.79. The average Bonchev–Trinajstić information content (AvgIpc) is 2.72. The zero-order valence-corrected chi connectivity index (χ0v) is 11.5. The molecule has 3 aromatic rings. The molecule has 21 heavy (non-hydrogen) atoms. The molecule has 0 spiro atoms. The molecule has 100 valence electrons. The van der Waals surface area contributed by atoms with Gasteiger partial charge in [0.15, 0.2) is 0 Å². The molecule has 0 amide bonds. The van der Waals surface area contributed by atoms with E-state index in [9.17, 15) is 0 Å². The van der Waals surface area contributed by atoms with E-state index in [0.29, 0.717) is 0 Å². The van der Waals surface area contributed by atoms with E-state index in [4.69, 9.17) is 0 Å². The van der Waals surface area contributed by atoms with Gasteiger partial charge in [-0.15, -0.1) is 0 Å². The molecule has 0 N–H and O–H groups in total. The number of fused-ring (bicyclic) bond motifs is 2. The molecule has 1 aromatic heterocycles. The van der Waals surface area contributed by atoms with Gasteiger partial charge in [-0.1, -0.05) is 48.6 Å². The monoisotopic (exact) mass is 270 g/mol. The third kappa shape index (κ3) is 2.01. The van der Waals surface area contributed by atoms with Crippen LogP contribution in [-0.4, -0.2) is 4.98 Å². The molecule has 2 heteroatoms. The fourth-order valence-corrected chi connectivity index (χ4v) is 2.69. The van der Waals surface area contributed by atoms with Gasteiger partial charge in [0, 0.05) is 17.4 Å². The quantitative estimate of drug-likeness (QED) is 0.482. The Balaban J connectivity index is 2.02. The maximum atomic E-state index is 4.61. The van der Waals surface area contributed by atoms with Crippen LogP contribution in [-0.2, 0) is 0 Å². The SMILES string of the molecule is C1=Cc2cccnc2N(c2ccccc2)c2ccccc21. The second-order valence-electron chi connectivity index (χ2n) is 4.98. The molecule has 4 rings (SSSR count). The summed E-state index contributed by atoms with van der Waals surface area (Å²) in [5.41, 5.74) is 4.59. The van der Waals surface area contributed by atoms with Crippen LogP contribution in [0.3, 0.4) is 0 Å². The Morgan fingerprint density at radius 1 is 0.667 bits per heavy atom. The van der Waals surface area contributed by atoms with Gasteiger partial charge in [0.1, 0.15) is 5.82 Å². The Morgan fingerprint density at radius 3 is 2.29 bits per heavy atom. The first-order valence-electron chi connectivity index (χ1n) is 7.01. The van der Waals surface area contributed by atoms with Gasteiger partial charge < -0.3 is 0 Å². The van der Waals surface area contributed by atoms with Gasteiger partial charge >= 0.3 is 0 Å². The molecule has 0 saturated carbocycles. The average molecular weight is 270 g/mol. The summed E-state index contributed by atoms with van der Waals surface area (Å²) < 4.78 is 0. The minimum absolute atomic E-state index is 0.963. The van der Waals surface area contributed by atoms with Gasteiger partial charge in [-0.05, 0) is 35.9 Å². The molecule has 0 bridgehead atoms. The fraction of sp³-hybridized carbons (Fsp3) is 0. The van der Waals surface area contributed by atoms with Gasteiger partial charge in [0.25, 0.3) is 0 Å². The molecular formula is C19H14N2. The zero-order valence-electron chi connectivity index (χ0n) is 11.5. The van der Waals surface area contributed by atoms with Crippen LogP contribution in [0.4, 0.5) is 17.2 Å². The molecule has 1 aliphatic rings. The van der Waals surface area contributed by atoms with E-state index in [1.54, 1.807) is 0 Å². The van der Waals surface area contributed by atoms with Crippen LogP contribution in [0.15, 0.2) is 72.9 Å². The van der Waals surface area contributed by atoms with E-state index < -0.39 is 0 Å². The number of hydrogen-bond acceptors (Lipinski definition) is 2. The number of anilines is 3. The molecule has 0 unspecified atom stereocenters. The maximum absolute atomic E-state index is 4.61. The van der Waals surface area contributed by atoms with E-state index in [2.05, 4.69) is 76.6 Å². The van der Waals surface area contributed by atoms with Crippen LogP contribution in [0.5, 0.6) is 0 Å². The molecule has 2 aromatic carbocycles. The smallest absolute Gasteiger partial charge is 0.144 e. The summed E-state index contributed by atoms with van der Waals surface area (Å²) in [4.78, 5) is 6.82. The molecular weight excluding hydrogens is 256 g/mol. The Morgan fingerprint density at radius 2 is 1.38 bits per heavy atom. The number of benzene rings is 2. The number of aromatic nitrogens is 1. The van der Waals surface area contributed by atoms with E-state index in [0.717, 1.165) is 22.8 Å². The van der Waals surface area contributed by atoms with Crippen LogP contribution < -0.4 is 4.90 Å². The summed E-state index contributed by atoms with van der Waals surface area (Å²) in [6, 6.07) is 22.8. The molecule has 1 aliphatic heterocycles. The van der Waals surface area contributed by atoms with Crippen LogP contribution in [0.25, 0.3) is 12.2 Å². The second kappa shape index (κ2) is 4.91. The van der Waals surface area contributed by atoms with Crippen LogP contribution in [0.2, 0.25) is 0 Å². The molecule has 0 saturated heterocycles. The van der Waals surface area contributed by atoms with Crippen molar-refractivity contribution in [1.29, 1.82) is 0 Å². The summed E-state index contributed by atoms with van der Waals surface area (Å²) >= 11 is 0. The van der Waals surface area contributed by atoms with Crippen LogP contribution in [0.1, 0.15) is 11.1 Å². The van der Waals surface area contributed by atoms with Crippen molar-refractivity contribution in [3.8, 4) is 0 Å². The van der Waals surface area contributed by atoms with Gasteiger partial charge in [0.2, 0.25) is 0 Å². The summed E-state index contributed by atoms with van der Waals surface area (Å²) in [6.45, 7) is 0. The highest BCUT2D eigenvalue weighted by Crippen LogP contribution is 2.40. The molecule has 2 heterocycles. The first kappa shape index (κ1) is 11.9. The van der Waals surface area contributed by atoms with Gasteiger partial charge in [-0.25, -0.2) is 4.98 Å². The van der Waals surface area contributed by atoms with Gasteiger partial charge in [-0.3, -0.25) is 4.90 Å². The molecule has 0 atom stereocenters. The summed E-state index contributed by atoms with van der Waals surface area (Å²) in [5, 5.41) is 0. The summed E-state index contributed by atoms with van der Waals surface area (Å²) in [7, 11) is 0. The van der Waals surface area contributed by atoms with Crippen molar-refractivity contribution in [2.45, 2.75) is 0 Å². The predicted octanol–water partition coefficient (Wildman–Crippen LogP) is 5.04. The van der Waals surface area contributed by atoms with Crippen molar-refractivity contribution in [1.82, 2.24) is 4.98 Å². The lowest BCUT2D eigenvalue weighted by Gasteiger charge is -2.25. The predicted molar refractivity (Wildman–Crippen MR) is 87.8 cm³/mol. The number of para-hydroxylation sites is 2. The highest BCUT2D eigenvalue weighted by Gasteiger charge is 2.19. The van der Waals surface area contributed by atoms with Crippen LogP contribution >= 0.6 is 0 Å². The normalized spacial score (nSPS) is 12.5. The largest absolute Gasteiger partial charge is 0.294 e. The highest BCUT2D eigenvalue weighted by molar-refractivity contribution is 5.91. The maximum Gasteiger partial charge on any atom is 0.144 e. The number of nitrogens with zero attached hydrogens (tertiary/aromatic N) is 2. The topological polar surface area (TPSA) is 16.1 Å². The lowest BCUT2D eigenvalue weighted by Crippen LogP contribution is -2.12. The highest BCUT2D eigenvalue weighted by atomic mass is 15.2. The minimum atomic E-state index is 0.963. The Hall–Kier alpha value is -2.87.